The Bertz CT molecular complexity index is 585. The molecular weight excluding hydrogens is 272 g/mol. The number of hydrogen-bond donors (Lipinski definition) is 1. The van der Waals surface area contributed by atoms with Crippen molar-refractivity contribution < 1.29 is 9.84 Å². The van der Waals surface area contributed by atoms with Crippen molar-refractivity contribution >= 4 is 11.8 Å². The van der Waals surface area contributed by atoms with Gasteiger partial charge in [0.05, 0.1) is 6.10 Å². The molecule has 0 radical (unpaired) electrons. The van der Waals surface area contributed by atoms with E-state index in [1.54, 1.807) is 18.0 Å². The molecule has 1 N–H and O–H groups in total. The summed E-state index contributed by atoms with van der Waals surface area (Å²) in [5.41, 5.74) is 0. The van der Waals surface area contributed by atoms with Crippen LogP contribution in [0.1, 0.15) is 12.7 Å². The molecule has 2 unspecified atom stereocenters. The van der Waals surface area contributed by atoms with Crippen LogP contribution in [0.25, 0.3) is 0 Å². The number of rotatable bonds is 4. The molecule has 1 aliphatic heterocycles. The minimum atomic E-state index is -0.538. The summed E-state index contributed by atoms with van der Waals surface area (Å²) in [4.78, 5) is 5.45. The smallest absolute Gasteiger partial charge is 0.134 e. The van der Waals surface area contributed by atoms with Gasteiger partial charge in [-0.25, -0.2) is 4.98 Å². The van der Waals surface area contributed by atoms with Crippen molar-refractivity contribution in [1.29, 1.82) is 0 Å². The lowest BCUT2D eigenvalue weighted by molar-refractivity contribution is 0.0450. The number of aromatic nitrogens is 2. The fourth-order valence-corrected chi connectivity index (χ4v) is 3.43. The van der Waals surface area contributed by atoms with Gasteiger partial charge in [-0.1, -0.05) is 12.1 Å². The molecule has 2 atom stereocenters. The summed E-state index contributed by atoms with van der Waals surface area (Å²) in [6.45, 7) is 2.94. The van der Waals surface area contributed by atoms with E-state index in [1.807, 2.05) is 35.0 Å². The Morgan fingerprint density at radius 1 is 1.50 bits per heavy atom. The van der Waals surface area contributed by atoms with Crippen LogP contribution in [0.2, 0.25) is 0 Å². The van der Waals surface area contributed by atoms with Crippen molar-refractivity contribution in [3.8, 4) is 5.75 Å². The van der Waals surface area contributed by atoms with Crippen LogP contribution in [-0.2, 0) is 13.0 Å². The first-order chi connectivity index (χ1) is 9.78. The van der Waals surface area contributed by atoms with Crippen molar-refractivity contribution in [2.45, 2.75) is 37.0 Å². The molecule has 106 valence electrons. The standard InChI is InChI=1S/C15H18N2O2S/c1-2-17-8-7-16-15(17)9-11(18)13-10-20-14-6-4-3-5-12(14)19-13/h3-8,11,13,18H,2,9-10H2,1H3. The van der Waals surface area contributed by atoms with E-state index in [4.69, 9.17) is 4.74 Å². The molecule has 0 spiro atoms. The van der Waals surface area contributed by atoms with Gasteiger partial charge >= 0.3 is 0 Å². The lowest BCUT2D eigenvalue weighted by Crippen LogP contribution is -2.38. The lowest BCUT2D eigenvalue weighted by atomic mass is 10.1. The molecule has 2 aromatic rings. The monoisotopic (exact) mass is 290 g/mol. The highest BCUT2D eigenvalue weighted by Gasteiger charge is 2.27. The molecule has 5 heteroatoms. The predicted octanol–water partition coefficient (Wildman–Crippen LogP) is 2.36. The number of para-hydroxylation sites is 1. The Kier molecular flexibility index (Phi) is 3.98. The number of imidazole rings is 1. The molecule has 2 heterocycles. The van der Waals surface area contributed by atoms with Gasteiger partial charge < -0.3 is 14.4 Å². The quantitative estimate of drug-likeness (QED) is 0.939. The molecule has 1 aromatic carbocycles. The topological polar surface area (TPSA) is 47.3 Å². The molecule has 4 nitrogen and oxygen atoms in total. The lowest BCUT2D eigenvalue weighted by Gasteiger charge is -2.29. The van der Waals surface area contributed by atoms with Gasteiger partial charge in [-0.2, -0.15) is 0 Å². The van der Waals surface area contributed by atoms with Crippen LogP contribution in [-0.4, -0.2) is 32.6 Å². The van der Waals surface area contributed by atoms with E-state index in [9.17, 15) is 5.11 Å². The number of thioether (sulfide) groups is 1. The average molecular weight is 290 g/mol. The predicted molar refractivity (Wildman–Crippen MR) is 79.2 cm³/mol. The summed E-state index contributed by atoms with van der Waals surface area (Å²) in [6, 6.07) is 7.96. The van der Waals surface area contributed by atoms with E-state index >= 15 is 0 Å². The molecule has 3 rings (SSSR count). The van der Waals surface area contributed by atoms with Crippen LogP contribution < -0.4 is 4.74 Å². The van der Waals surface area contributed by atoms with Crippen molar-refractivity contribution in [3.63, 3.8) is 0 Å². The zero-order chi connectivity index (χ0) is 13.9. The molecular formula is C15H18N2O2S. The number of aliphatic hydroxyl groups is 1. The largest absolute Gasteiger partial charge is 0.486 e. The molecule has 1 aromatic heterocycles. The Morgan fingerprint density at radius 2 is 2.35 bits per heavy atom. The van der Waals surface area contributed by atoms with Crippen LogP contribution in [0.15, 0.2) is 41.6 Å². The van der Waals surface area contributed by atoms with Crippen molar-refractivity contribution in [3.05, 3.63) is 42.5 Å². The number of hydrogen-bond acceptors (Lipinski definition) is 4. The average Bonchev–Trinajstić information content (AvgIpc) is 2.94. The Labute approximate surface area is 122 Å². The normalized spacial score (nSPS) is 19.2. The third kappa shape index (κ3) is 2.69. The summed E-state index contributed by atoms with van der Waals surface area (Å²) < 4.78 is 7.96. The maximum absolute atomic E-state index is 10.4. The fourth-order valence-electron chi connectivity index (χ4n) is 2.36. The molecule has 0 bridgehead atoms. The second kappa shape index (κ2) is 5.89. The first-order valence-electron chi connectivity index (χ1n) is 6.84. The van der Waals surface area contributed by atoms with Gasteiger partial charge in [0.1, 0.15) is 17.7 Å². The summed E-state index contributed by atoms with van der Waals surface area (Å²) in [5.74, 6) is 2.55. The molecule has 0 aliphatic carbocycles. The number of nitrogens with zero attached hydrogens (tertiary/aromatic N) is 2. The van der Waals surface area contributed by atoms with Crippen molar-refractivity contribution in [2.75, 3.05) is 5.75 Å². The van der Waals surface area contributed by atoms with Gasteiger partial charge in [0.25, 0.3) is 0 Å². The van der Waals surface area contributed by atoms with Crippen LogP contribution in [0, 0.1) is 0 Å². The fraction of sp³-hybridized carbons (Fsp3) is 0.400. The zero-order valence-corrected chi connectivity index (χ0v) is 12.2. The van der Waals surface area contributed by atoms with E-state index in [2.05, 4.69) is 11.9 Å². The molecule has 1 aliphatic rings. The summed E-state index contributed by atoms with van der Waals surface area (Å²) in [7, 11) is 0. The number of benzene rings is 1. The molecule has 20 heavy (non-hydrogen) atoms. The van der Waals surface area contributed by atoms with Crippen LogP contribution >= 0.6 is 11.8 Å². The Balaban J connectivity index is 1.68. The second-order valence-corrected chi connectivity index (χ2v) is 5.88. The molecule has 0 amide bonds. The maximum Gasteiger partial charge on any atom is 0.134 e. The number of fused-ring (bicyclic) bond motifs is 1. The van der Waals surface area contributed by atoms with Crippen molar-refractivity contribution in [2.24, 2.45) is 0 Å². The van der Waals surface area contributed by atoms with E-state index in [0.29, 0.717) is 6.42 Å². The van der Waals surface area contributed by atoms with Gasteiger partial charge in [0.2, 0.25) is 0 Å². The zero-order valence-electron chi connectivity index (χ0n) is 11.4. The van der Waals surface area contributed by atoms with Gasteiger partial charge in [-0.3, -0.25) is 0 Å². The highest BCUT2D eigenvalue weighted by atomic mass is 32.2. The van der Waals surface area contributed by atoms with E-state index in [1.165, 1.54) is 0 Å². The molecule has 0 saturated carbocycles. The van der Waals surface area contributed by atoms with Gasteiger partial charge in [-0.15, -0.1) is 11.8 Å². The van der Waals surface area contributed by atoms with Gasteiger partial charge in [-0.05, 0) is 19.1 Å². The first-order valence-corrected chi connectivity index (χ1v) is 7.83. The summed E-state index contributed by atoms with van der Waals surface area (Å²) in [5, 5.41) is 10.4. The summed E-state index contributed by atoms with van der Waals surface area (Å²) in [6.07, 6.45) is 3.51. The molecule has 0 fully saturated rings. The third-order valence-corrected chi connectivity index (χ3v) is 4.64. The van der Waals surface area contributed by atoms with Crippen LogP contribution in [0.4, 0.5) is 0 Å². The highest BCUT2D eigenvalue weighted by Crippen LogP contribution is 2.35. The number of aliphatic hydroxyl groups excluding tert-OH is 1. The maximum atomic E-state index is 10.4. The third-order valence-electron chi connectivity index (χ3n) is 3.49. The minimum absolute atomic E-state index is 0.183. The van der Waals surface area contributed by atoms with Crippen LogP contribution in [0.5, 0.6) is 5.75 Å². The Hall–Kier alpha value is -1.46. The number of ether oxygens (including phenoxy) is 1. The number of aryl methyl sites for hydroxylation is 1. The van der Waals surface area contributed by atoms with E-state index < -0.39 is 6.10 Å². The minimum Gasteiger partial charge on any atom is -0.486 e. The van der Waals surface area contributed by atoms with Crippen molar-refractivity contribution in [1.82, 2.24) is 9.55 Å². The second-order valence-electron chi connectivity index (χ2n) is 4.81. The van der Waals surface area contributed by atoms with Crippen LogP contribution in [0.3, 0.4) is 0 Å². The molecule has 0 saturated heterocycles. The SMILES string of the molecule is CCn1ccnc1CC(O)C1CSc2ccccc2O1. The summed E-state index contributed by atoms with van der Waals surface area (Å²) >= 11 is 1.74. The van der Waals surface area contributed by atoms with Gasteiger partial charge in [0, 0.05) is 36.0 Å². The van der Waals surface area contributed by atoms with E-state index in [-0.39, 0.29) is 6.10 Å². The van der Waals surface area contributed by atoms with Gasteiger partial charge in [0.15, 0.2) is 0 Å². The highest BCUT2D eigenvalue weighted by molar-refractivity contribution is 7.99. The Morgan fingerprint density at radius 3 is 3.20 bits per heavy atom. The van der Waals surface area contributed by atoms with E-state index in [0.717, 1.165) is 28.8 Å². The first kappa shape index (κ1) is 13.5.